The quantitative estimate of drug-likeness (QED) is 0.188. The van der Waals surface area contributed by atoms with Crippen molar-refractivity contribution in [2.24, 2.45) is 5.73 Å². The van der Waals surface area contributed by atoms with E-state index in [1.165, 1.54) is 23.6 Å². The number of carboxylic acids is 2. The standard InChI is InChI=1S/C18H30N4O8S/c1-9(23)14(18(29)30)21-16(27)12-4-3-6-22(12)17(28)11(5-7-31-2)20-15(26)10(19)8-13(24)25/h9-12,14,23H,3-8,19H2,1-2H3,(H,20,26)(H,21,27)(H,24,25)(H,29,30). The van der Waals surface area contributed by atoms with E-state index < -0.39 is 66.4 Å². The fraction of sp³-hybridized carbons (Fsp3) is 0.722. The highest BCUT2D eigenvalue weighted by Gasteiger charge is 2.39. The maximum atomic E-state index is 13.1. The first kappa shape index (κ1) is 26.7. The number of carboxylic acid groups (broad SMARTS) is 2. The molecule has 13 heteroatoms. The zero-order valence-electron chi connectivity index (χ0n) is 17.4. The Morgan fingerprint density at radius 1 is 1.19 bits per heavy atom. The normalized spacial score (nSPS) is 19.7. The minimum atomic E-state index is -1.52. The lowest BCUT2D eigenvalue weighted by molar-refractivity contribution is -0.147. The van der Waals surface area contributed by atoms with Crippen LogP contribution in [-0.2, 0) is 24.0 Å². The molecule has 0 aliphatic carbocycles. The molecule has 0 spiro atoms. The Kier molecular flexibility index (Phi) is 10.7. The van der Waals surface area contributed by atoms with E-state index in [0.29, 0.717) is 18.6 Å². The molecule has 0 bridgehead atoms. The molecule has 1 heterocycles. The Balaban J connectivity index is 2.93. The molecular weight excluding hydrogens is 432 g/mol. The van der Waals surface area contributed by atoms with Gasteiger partial charge >= 0.3 is 11.9 Å². The first-order valence-electron chi connectivity index (χ1n) is 9.78. The summed E-state index contributed by atoms with van der Waals surface area (Å²) in [6.45, 7) is 1.46. The van der Waals surface area contributed by atoms with E-state index in [0.717, 1.165) is 0 Å². The molecule has 0 aromatic carbocycles. The molecule has 1 aliphatic rings. The van der Waals surface area contributed by atoms with Gasteiger partial charge in [0.2, 0.25) is 17.7 Å². The molecule has 12 nitrogen and oxygen atoms in total. The Morgan fingerprint density at radius 3 is 2.35 bits per heavy atom. The summed E-state index contributed by atoms with van der Waals surface area (Å²) in [4.78, 5) is 61.2. The van der Waals surface area contributed by atoms with Crippen molar-refractivity contribution in [1.82, 2.24) is 15.5 Å². The van der Waals surface area contributed by atoms with Crippen LogP contribution < -0.4 is 16.4 Å². The Hall–Kier alpha value is -2.38. The fourth-order valence-electron chi connectivity index (χ4n) is 3.19. The van der Waals surface area contributed by atoms with Gasteiger partial charge in [0.1, 0.15) is 12.1 Å². The van der Waals surface area contributed by atoms with Crippen LogP contribution in [0.1, 0.15) is 32.6 Å². The van der Waals surface area contributed by atoms with Gasteiger partial charge in [0.05, 0.1) is 18.6 Å². The van der Waals surface area contributed by atoms with Gasteiger partial charge in [0, 0.05) is 6.54 Å². The number of hydrogen-bond acceptors (Lipinski definition) is 8. The van der Waals surface area contributed by atoms with Gasteiger partial charge in [-0.1, -0.05) is 0 Å². The summed E-state index contributed by atoms with van der Waals surface area (Å²) in [7, 11) is 0. The number of carbonyl (C=O) groups is 5. The molecule has 0 aromatic rings. The van der Waals surface area contributed by atoms with Crippen LogP contribution in [0.5, 0.6) is 0 Å². The summed E-state index contributed by atoms with van der Waals surface area (Å²) in [6.07, 6.45) is 0.912. The van der Waals surface area contributed by atoms with E-state index >= 15 is 0 Å². The summed E-state index contributed by atoms with van der Waals surface area (Å²) in [5, 5.41) is 32.2. The van der Waals surface area contributed by atoms with Gasteiger partial charge in [0.25, 0.3) is 0 Å². The highest BCUT2D eigenvalue weighted by atomic mass is 32.2. The summed E-state index contributed by atoms with van der Waals surface area (Å²) in [5.41, 5.74) is 5.57. The third-order valence-electron chi connectivity index (χ3n) is 4.84. The predicted octanol–water partition coefficient (Wildman–Crippen LogP) is -2.03. The highest BCUT2D eigenvalue weighted by Crippen LogP contribution is 2.20. The summed E-state index contributed by atoms with van der Waals surface area (Å²) in [5.74, 6) is -4.18. The van der Waals surface area contributed by atoms with Crippen LogP contribution in [-0.4, -0.2) is 98.7 Å². The second-order valence-electron chi connectivity index (χ2n) is 7.30. The van der Waals surface area contributed by atoms with Crippen molar-refractivity contribution in [3.05, 3.63) is 0 Å². The van der Waals surface area contributed by atoms with Crippen LogP contribution in [0.25, 0.3) is 0 Å². The summed E-state index contributed by atoms with van der Waals surface area (Å²) in [6, 6.07) is -4.82. The number of nitrogens with zero attached hydrogens (tertiary/aromatic N) is 1. The number of thioether (sulfide) groups is 1. The second-order valence-corrected chi connectivity index (χ2v) is 8.29. The van der Waals surface area contributed by atoms with Crippen molar-refractivity contribution in [1.29, 1.82) is 0 Å². The van der Waals surface area contributed by atoms with Crippen LogP contribution >= 0.6 is 11.8 Å². The van der Waals surface area contributed by atoms with E-state index in [1.807, 2.05) is 6.26 Å². The molecule has 1 rings (SSSR count). The molecule has 176 valence electrons. The predicted molar refractivity (Wildman–Crippen MR) is 111 cm³/mol. The lowest BCUT2D eigenvalue weighted by Gasteiger charge is -2.30. The molecule has 0 aromatic heterocycles. The van der Waals surface area contributed by atoms with Crippen LogP contribution in [0.2, 0.25) is 0 Å². The number of nitrogens with one attached hydrogen (secondary N) is 2. The number of aliphatic carboxylic acids is 2. The molecule has 1 saturated heterocycles. The maximum Gasteiger partial charge on any atom is 0.328 e. The first-order chi connectivity index (χ1) is 14.5. The molecule has 3 amide bonds. The van der Waals surface area contributed by atoms with Crippen molar-refractivity contribution in [2.75, 3.05) is 18.6 Å². The third-order valence-corrected chi connectivity index (χ3v) is 5.49. The average molecular weight is 463 g/mol. The Bertz CT molecular complexity index is 689. The Labute approximate surface area is 183 Å². The molecule has 1 aliphatic heterocycles. The highest BCUT2D eigenvalue weighted by molar-refractivity contribution is 7.98. The van der Waals surface area contributed by atoms with E-state index in [4.69, 9.17) is 15.9 Å². The van der Waals surface area contributed by atoms with Gasteiger partial charge in [-0.2, -0.15) is 11.8 Å². The van der Waals surface area contributed by atoms with Crippen molar-refractivity contribution < 1.29 is 39.3 Å². The Morgan fingerprint density at radius 2 is 1.84 bits per heavy atom. The van der Waals surface area contributed by atoms with Crippen LogP contribution in [0.15, 0.2) is 0 Å². The number of amides is 3. The zero-order chi connectivity index (χ0) is 23.7. The van der Waals surface area contributed by atoms with Gasteiger partial charge in [-0.3, -0.25) is 19.2 Å². The number of hydrogen-bond donors (Lipinski definition) is 6. The number of aliphatic hydroxyl groups excluding tert-OH is 1. The van der Waals surface area contributed by atoms with E-state index in [-0.39, 0.29) is 13.0 Å². The van der Waals surface area contributed by atoms with E-state index in [2.05, 4.69) is 10.6 Å². The monoisotopic (exact) mass is 462 g/mol. The number of nitrogens with two attached hydrogens (primary N) is 1. The van der Waals surface area contributed by atoms with Gasteiger partial charge in [0.15, 0.2) is 6.04 Å². The molecule has 5 atom stereocenters. The van der Waals surface area contributed by atoms with Crippen molar-refractivity contribution in [3.8, 4) is 0 Å². The molecule has 7 N–H and O–H groups in total. The summed E-state index contributed by atoms with van der Waals surface area (Å²) < 4.78 is 0. The third kappa shape index (κ3) is 7.99. The molecular formula is C18H30N4O8S. The minimum Gasteiger partial charge on any atom is -0.481 e. The number of likely N-dealkylation sites (tertiary alicyclic amines) is 1. The molecule has 5 unspecified atom stereocenters. The van der Waals surface area contributed by atoms with Crippen LogP contribution in [0.4, 0.5) is 0 Å². The zero-order valence-corrected chi connectivity index (χ0v) is 18.3. The average Bonchev–Trinajstić information content (AvgIpc) is 3.17. The summed E-state index contributed by atoms with van der Waals surface area (Å²) >= 11 is 1.44. The van der Waals surface area contributed by atoms with E-state index in [9.17, 15) is 29.1 Å². The van der Waals surface area contributed by atoms with Gasteiger partial charge in [-0.15, -0.1) is 0 Å². The number of aliphatic hydroxyl groups is 1. The van der Waals surface area contributed by atoms with Crippen molar-refractivity contribution in [2.45, 2.75) is 62.9 Å². The van der Waals surface area contributed by atoms with Crippen molar-refractivity contribution in [3.63, 3.8) is 0 Å². The molecule has 31 heavy (non-hydrogen) atoms. The molecule has 0 saturated carbocycles. The maximum absolute atomic E-state index is 13.1. The lowest BCUT2D eigenvalue weighted by Crippen LogP contribution is -2.58. The van der Waals surface area contributed by atoms with Crippen LogP contribution in [0.3, 0.4) is 0 Å². The number of rotatable bonds is 12. The first-order valence-corrected chi connectivity index (χ1v) is 11.2. The topological polar surface area (TPSA) is 199 Å². The molecule has 1 fully saturated rings. The number of carbonyl (C=O) groups excluding carboxylic acids is 3. The largest absolute Gasteiger partial charge is 0.481 e. The minimum absolute atomic E-state index is 0.232. The van der Waals surface area contributed by atoms with Gasteiger partial charge in [-0.25, -0.2) is 4.79 Å². The van der Waals surface area contributed by atoms with Crippen molar-refractivity contribution >= 4 is 41.4 Å². The van der Waals surface area contributed by atoms with Gasteiger partial charge in [-0.05, 0) is 38.2 Å². The van der Waals surface area contributed by atoms with Crippen LogP contribution in [0, 0.1) is 0 Å². The molecule has 0 radical (unpaired) electrons. The smallest absolute Gasteiger partial charge is 0.328 e. The fourth-order valence-corrected chi connectivity index (χ4v) is 3.67. The van der Waals surface area contributed by atoms with E-state index in [1.54, 1.807) is 0 Å². The van der Waals surface area contributed by atoms with Gasteiger partial charge < -0.3 is 36.6 Å². The second kappa shape index (κ2) is 12.5. The lowest BCUT2D eigenvalue weighted by atomic mass is 10.1. The SMILES string of the molecule is CSCCC(NC(=O)C(N)CC(=O)O)C(=O)N1CCCC1C(=O)NC(C(=O)O)C(C)O.